The second-order valence-corrected chi connectivity index (χ2v) is 9.28. The van der Waals surface area contributed by atoms with Crippen LogP contribution in [-0.4, -0.2) is 56.6 Å². The van der Waals surface area contributed by atoms with Crippen LogP contribution in [0.25, 0.3) is 0 Å². The highest BCUT2D eigenvalue weighted by Crippen LogP contribution is 2.39. The van der Waals surface area contributed by atoms with Gasteiger partial charge in [-0.25, -0.2) is 8.42 Å². The van der Waals surface area contributed by atoms with Gasteiger partial charge < -0.3 is 24.6 Å². The molecule has 0 aliphatic carbocycles. The van der Waals surface area contributed by atoms with E-state index in [0.717, 1.165) is 12.8 Å². The Hall–Kier alpha value is -2.98. The van der Waals surface area contributed by atoms with Gasteiger partial charge in [0.1, 0.15) is 5.75 Å². The molecule has 1 saturated heterocycles. The molecule has 1 aliphatic heterocycles. The number of carbonyl (C=O) groups excluding carboxylic acids is 1. The lowest BCUT2D eigenvalue weighted by Crippen LogP contribution is -2.28. The Kier molecular flexibility index (Phi) is 8.04. The van der Waals surface area contributed by atoms with Crippen LogP contribution in [0.4, 0.5) is 5.69 Å². The SMILES string of the molecule is CCOc1cc(C(=O)Nc2cc(S(=O)(=O)N3CCCC3)ccc2O)cc(OCC)c1OCC. The fraction of sp³-hybridized carbons (Fsp3) is 0.435. The fourth-order valence-electron chi connectivity index (χ4n) is 3.57. The number of hydrogen-bond donors (Lipinski definition) is 2. The van der Waals surface area contributed by atoms with Gasteiger partial charge in [-0.15, -0.1) is 0 Å². The fourth-order valence-corrected chi connectivity index (χ4v) is 5.11. The van der Waals surface area contributed by atoms with Crippen molar-refractivity contribution in [2.75, 3.05) is 38.2 Å². The number of hydrogen-bond acceptors (Lipinski definition) is 7. The maximum atomic E-state index is 13.0. The van der Waals surface area contributed by atoms with E-state index in [2.05, 4.69) is 5.32 Å². The highest BCUT2D eigenvalue weighted by atomic mass is 32.2. The summed E-state index contributed by atoms with van der Waals surface area (Å²) in [6, 6.07) is 6.90. The van der Waals surface area contributed by atoms with Crippen molar-refractivity contribution in [2.24, 2.45) is 0 Å². The van der Waals surface area contributed by atoms with Crippen molar-refractivity contribution in [1.29, 1.82) is 0 Å². The van der Waals surface area contributed by atoms with E-state index in [0.29, 0.717) is 50.2 Å². The Morgan fingerprint density at radius 3 is 2.09 bits per heavy atom. The van der Waals surface area contributed by atoms with Gasteiger partial charge in [-0.2, -0.15) is 4.31 Å². The number of nitrogens with zero attached hydrogens (tertiary/aromatic N) is 1. The smallest absolute Gasteiger partial charge is 0.256 e. The lowest BCUT2D eigenvalue weighted by molar-refractivity contribution is 0.102. The quantitative estimate of drug-likeness (QED) is 0.501. The Morgan fingerprint density at radius 1 is 0.970 bits per heavy atom. The first-order chi connectivity index (χ1) is 15.8. The lowest BCUT2D eigenvalue weighted by atomic mass is 10.1. The van der Waals surface area contributed by atoms with Gasteiger partial charge in [0, 0.05) is 18.7 Å². The van der Waals surface area contributed by atoms with Crippen molar-refractivity contribution in [1.82, 2.24) is 4.31 Å². The lowest BCUT2D eigenvalue weighted by Gasteiger charge is -2.18. The third kappa shape index (κ3) is 5.51. The molecule has 1 heterocycles. The van der Waals surface area contributed by atoms with Gasteiger partial charge in [0.25, 0.3) is 5.91 Å². The number of phenolic OH excluding ortho intramolecular Hbond substituents is 1. The number of carbonyl (C=O) groups is 1. The normalized spacial score (nSPS) is 14.2. The zero-order valence-corrected chi connectivity index (χ0v) is 19.9. The maximum Gasteiger partial charge on any atom is 0.256 e. The topological polar surface area (TPSA) is 114 Å². The van der Waals surface area contributed by atoms with Crippen LogP contribution >= 0.6 is 0 Å². The van der Waals surface area contributed by atoms with Gasteiger partial charge in [0.05, 0.1) is 30.4 Å². The number of sulfonamides is 1. The number of benzene rings is 2. The molecular weight excluding hydrogens is 448 g/mol. The number of rotatable bonds is 10. The Bertz CT molecular complexity index is 1070. The molecule has 9 nitrogen and oxygen atoms in total. The van der Waals surface area contributed by atoms with Crippen molar-refractivity contribution >= 4 is 21.6 Å². The van der Waals surface area contributed by atoms with Crippen molar-refractivity contribution in [3.63, 3.8) is 0 Å². The third-order valence-electron chi connectivity index (χ3n) is 5.09. The van der Waals surface area contributed by atoms with Gasteiger partial charge in [0.15, 0.2) is 11.5 Å². The van der Waals surface area contributed by atoms with E-state index in [1.54, 1.807) is 0 Å². The molecule has 2 aromatic carbocycles. The summed E-state index contributed by atoms with van der Waals surface area (Å²) in [6.45, 7) is 7.47. The van der Waals surface area contributed by atoms with Gasteiger partial charge in [-0.3, -0.25) is 4.79 Å². The van der Waals surface area contributed by atoms with E-state index >= 15 is 0 Å². The molecule has 0 saturated carbocycles. The Balaban J connectivity index is 1.93. The first-order valence-electron chi connectivity index (χ1n) is 11.0. The summed E-state index contributed by atoms with van der Waals surface area (Å²) in [6.07, 6.45) is 1.62. The molecule has 33 heavy (non-hydrogen) atoms. The van der Waals surface area contributed by atoms with Crippen LogP contribution in [0.15, 0.2) is 35.2 Å². The first kappa shape index (κ1) is 24.7. The van der Waals surface area contributed by atoms with Crippen LogP contribution < -0.4 is 19.5 Å². The number of ether oxygens (including phenoxy) is 3. The van der Waals surface area contributed by atoms with Crippen LogP contribution in [0.5, 0.6) is 23.0 Å². The molecule has 0 unspecified atom stereocenters. The van der Waals surface area contributed by atoms with E-state index in [-0.39, 0.29) is 21.9 Å². The number of amides is 1. The molecule has 1 fully saturated rings. The predicted molar refractivity (Wildman–Crippen MR) is 124 cm³/mol. The summed E-state index contributed by atoms with van der Waals surface area (Å²) < 4.78 is 44.1. The number of aromatic hydroxyl groups is 1. The van der Waals surface area contributed by atoms with Crippen molar-refractivity contribution in [3.8, 4) is 23.0 Å². The molecule has 3 rings (SSSR count). The maximum absolute atomic E-state index is 13.0. The summed E-state index contributed by atoms with van der Waals surface area (Å²) in [7, 11) is -3.70. The molecule has 1 amide bonds. The Labute approximate surface area is 194 Å². The molecule has 2 N–H and O–H groups in total. The monoisotopic (exact) mass is 478 g/mol. The highest BCUT2D eigenvalue weighted by Gasteiger charge is 2.28. The molecule has 10 heteroatoms. The summed E-state index contributed by atoms with van der Waals surface area (Å²) in [4.78, 5) is 13.0. The molecule has 2 aromatic rings. The highest BCUT2D eigenvalue weighted by molar-refractivity contribution is 7.89. The zero-order valence-electron chi connectivity index (χ0n) is 19.1. The largest absolute Gasteiger partial charge is 0.506 e. The number of anilines is 1. The molecular formula is C23H30N2O7S. The van der Waals surface area contributed by atoms with Crippen molar-refractivity contribution in [3.05, 3.63) is 35.9 Å². The third-order valence-corrected chi connectivity index (χ3v) is 6.98. The molecule has 0 bridgehead atoms. The number of nitrogens with one attached hydrogen (secondary N) is 1. The van der Waals surface area contributed by atoms with E-state index in [4.69, 9.17) is 14.2 Å². The molecule has 180 valence electrons. The van der Waals surface area contributed by atoms with Gasteiger partial charge in [-0.05, 0) is 63.9 Å². The summed E-state index contributed by atoms with van der Waals surface area (Å²) in [5, 5.41) is 12.9. The van der Waals surface area contributed by atoms with Crippen LogP contribution in [-0.2, 0) is 10.0 Å². The van der Waals surface area contributed by atoms with E-state index in [1.165, 1.54) is 34.6 Å². The minimum atomic E-state index is -3.70. The molecule has 1 aliphatic rings. The number of phenols is 1. The van der Waals surface area contributed by atoms with Crippen molar-refractivity contribution in [2.45, 2.75) is 38.5 Å². The standard InChI is InChI=1S/C23H30N2O7S/c1-4-30-20-13-16(14-21(31-5-2)22(20)32-6-3)23(27)24-18-15-17(9-10-19(18)26)33(28,29)25-11-7-8-12-25/h9-10,13-15,26H,4-8,11-12H2,1-3H3,(H,24,27). The predicted octanol–water partition coefficient (Wildman–Crippen LogP) is 3.63. The van der Waals surface area contributed by atoms with Crippen LogP contribution in [0.1, 0.15) is 44.0 Å². The second-order valence-electron chi connectivity index (χ2n) is 7.34. The molecule has 0 aromatic heterocycles. The van der Waals surface area contributed by atoms with Crippen LogP contribution in [0, 0.1) is 0 Å². The molecule has 0 atom stereocenters. The summed E-state index contributed by atoms with van der Waals surface area (Å²) >= 11 is 0. The van der Waals surface area contributed by atoms with Gasteiger partial charge >= 0.3 is 0 Å². The van der Waals surface area contributed by atoms with E-state index in [9.17, 15) is 18.3 Å². The van der Waals surface area contributed by atoms with E-state index < -0.39 is 15.9 Å². The molecule has 0 radical (unpaired) electrons. The summed E-state index contributed by atoms with van der Waals surface area (Å²) in [5.41, 5.74) is 0.197. The van der Waals surface area contributed by atoms with Gasteiger partial charge in [0.2, 0.25) is 15.8 Å². The average Bonchev–Trinajstić information content (AvgIpc) is 3.33. The second kappa shape index (κ2) is 10.8. The minimum absolute atomic E-state index is 0.00852. The van der Waals surface area contributed by atoms with Crippen LogP contribution in [0.2, 0.25) is 0 Å². The van der Waals surface area contributed by atoms with Gasteiger partial charge in [-0.1, -0.05) is 0 Å². The zero-order chi connectivity index (χ0) is 24.0. The Morgan fingerprint density at radius 2 is 1.55 bits per heavy atom. The van der Waals surface area contributed by atoms with Crippen LogP contribution in [0.3, 0.4) is 0 Å². The summed E-state index contributed by atoms with van der Waals surface area (Å²) in [5.74, 6) is 0.296. The minimum Gasteiger partial charge on any atom is -0.506 e. The van der Waals surface area contributed by atoms with Crippen molar-refractivity contribution < 1.29 is 32.5 Å². The van der Waals surface area contributed by atoms with E-state index in [1.807, 2.05) is 20.8 Å². The molecule has 0 spiro atoms. The first-order valence-corrected chi connectivity index (χ1v) is 12.5. The average molecular weight is 479 g/mol.